The standard InChI is InChI=1S/C37H22N2S/c1-2-9-25-21-34-31(19-24(25)8-1)28-12-3-5-14-33(28)39(34)27-11-7-10-23(18-27)26-16-17-29-32(20-26)38-22-36-37(29)30-13-4-6-15-35(30)40-36/h1-22H. The van der Waals surface area contributed by atoms with Gasteiger partial charge in [-0.05, 0) is 64.4 Å². The molecule has 0 aliphatic rings. The smallest absolute Gasteiger partial charge is 0.0715 e. The molecule has 2 nitrogen and oxygen atoms in total. The lowest BCUT2D eigenvalue weighted by Crippen LogP contribution is -1.94. The van der Waals surface area contributed by atoms with Crippen LogP contribution in [0.4, 0.5) is 0 Å². The van der Waals surface area contributed by atoms with Gasteiger partial charge in [-0.3, -0.25) is 4.98 Å². The first kappa shape index (κ1) is 21.9. The van der Waals surface area contributed by atoms with Gasteiger partial charge in [0.05, 0.1) is 21.3 Å². The Bertz CT molecular complexity index is 2440. The summed E-state index contributed by atoms with van der Waals surface area (Å²) in [5.41, 5.74) is 6.99. The molecular formula is C37H22N2S. The molecule has 0 fully saturated rings. The average molecular weight is 527 g/mol. The Balaban J connectivity index is 1.25. The Hall–Kier alpha value is -4.99. The third-order valence-corrected chi connectivity index (χ3v) is 9.29. The molecule has 186 valence electrons. The fourth-order valence-corrected chi connectivity index (χ4v) is 7.44. The summed E-state index contributed by atoms with van der Waals surface area (Å²) in [5, 5.41) is 8.90. The van der Waals surface area contributed by atoms with Gasteiger partial charge in [0.1, 0.15) is 0 Å². The molecule has 0 N–H and O–H groups in total. The second-order valence-corrected chi connectivity index (χ2v) is 11.5. The van der Waals surface area contributed by atoms with Crippen molar-refractivity contribution in [3.8, 4) is 16.8 Å². The molecule has 9 rings (SSSR count). The molecule has 0 radical (unpaired) electrons. The SMILES string of the molecule is c1cc(-c2ccc3c(c2)ncc2sc4ccccc4c23)cc(-n2c3ccccc3c3cc4ccccc4cc32)c1. The predicted octanol–water partition coefficient (Wildman–Crippen LogP) is 10.5. The summed E-state index contributed by atoms with van der Waals surface area (Å²) < 4.78 is 4.95. The molecular weight excluding hydrogens is 504 g/mol. The zero-order chi connectivity index (χ0) is 26.2. The van der Waals surface area contributed by atoms with E-state index in [0.717, 1.165) is 11.2 Å². The number of aromatic nitrogens is 2. The zero-order valence-corrected chi connectivity index (χ0v) is 22.3. The Morgan fingerprint density at radius 3 is 2.20 bits per heavy atom. The normalized spacial score (nSPS) is 12.0. The van der Waals surface area contributed by atoms with Gasteiger partial charge in [0.15, 0.2) is 0 Å². The van der Waals surface area contributed by atoms with E-state index in [1.54, 1.807) is 0 Å². The van der Waals surface area contributed by atoms with Gasteiger partial charge >= 0.3 is 0 Å². The van der Waals surface area contributed by atoms with Crippen LogP contribution in [0.5, 0.6) is 0 Å². The maximum atomic E-state index is 4.88. The van der Waals surface area contributed by atoms with E-state index in [-0.39, 0.29) is 0 Å². The van der Waals surface area contributed by atoms with Crippen molar-refractivity contribution in [2.45, 2.75) is 0 Å². The highest BCUT2D eigenvalue weighted by Gasteiger charge is 2.14. The van der Waals surface area contributed by atoms with Crippen molar-refractivity contribution in [1.29, 1.82) is 0 Å². The Morgan fingerprint density at radius 1 is 0.500 bits per heavy atom. The maximum Gasteiger partial charge on any atom is 0.0715 e. The molecule has 3 heterocycles. The number of hydrogen-bond donors (Lipinski definition) is 0. The number of hydrogen-bond acceptors (Lipinski definition) is 2. The topological polar surface area (TPSA) is 17.8 Å². The van der Waals surface area contributed by atoms with Crippen LogP contribution in [0.3, 0.4) is 0 Å². The molecule has 0 saturated heterocycles. The lowest BCUT2D eigenvalue weighted by Gasteiger charge is -2.11. The van der Waals surface area contributed by atoms with Crippen LogP contribution in [0.25, 0.3) is 80.5 Å². The summed E-state index contributed by atoms with van der Waals surface area (Å²) in [6, 6.07) is 46.3. The molecule has 0 amide bonds. The van der Waals surface area contributed by atoms with Gasteiger partial charge in [-0.25, -0.2) is 0 Å². The van der Waals surface area contributed by atoms with Crippen LogP contribution in [0, 0.1) is 0 Å². The highest BCUT2D eigenvalue weighted by atomic mass is 32.1. The molecule has 0 saturated carbocycles. The number of para-hydroxylation sites is 1. The van der Waals surface area contributed by atoms with Crippen molar-refractivity contribution in [3.63, 3.8) is 0 Å². The van der Waals surface area contributed by atoms with E-state index in [4.69, 9.17) is 4.98 Å². The summed E-state index contributed by atoms with van der Waals surface area (Å²) in [7, 11) is 0. The van der Waals surface area contributed by atoms with Crippen LogP contribution in [0.1, 0.15) is 0 Å². The second-order valence-electron chi connectivity index (χ2n) is 10.4. The fourth-order valence-electron chi connectivity index (χ4n) is 6.35. The third kappa shape index (κ3) is 3.13. The minimum atomic E-state index is 1.03. The predicted molar refractivity (Wildman–Crippen MR) is 172 cm³/mol. The van der Waals surface area contributed by atoms with Crippen molar-refractivity contribution in [2.75, 3.05) is 0 Å². The minimum absolute atomic E-state index is 1.03. The van der Waals surface area contributed by atoms with E-state index < -0.39 is 0 Å². The van der Waals surface area contributed by atoms with E-state index in [0.29, 0.717) is 0 Å². The molecule has 0 spiro atoms. The van der Waals surface area contributed by atoms with Crippen molar-refractivity contribution < 1.29 is 0 Å². The van der Waals surface area contributed by atoms with Gasteiger partial charge in [0, 0.05) is 43.5 Å². The van der Waals surface area contributed by atoms with Gasteiger partial charge in [0.25, 0.3) is 0 Å². The first-order valence-electron chi connectivity index (χ1n) is 13.5. The summed E-state index contributed by atoms with van der Waals surface area (Å²) >= 11 is 1.81. The number of thiophene rings is 1. The Kier molecular flexibility index (Phi) is 4.52. The molecule has 0 atom stereocenters. The highest BCUT2D eigenvalue weighted by molar-refractivity contribution is 7.26. The number of rotatable bonds is 2. The average Bonchev–Trinajstić information content (AvgIpc) is 3.55. The molecule has 0 aliphatic carbocycles. The minimum Gasteiger partial charge on any atom is -0.309 e. The Labute approximate surface area is 234 Å². The third-order valence-electron chi connectivity index (χ3n) is 8.19. The van der Waals surface area contributed by atoms with E-state index in [1.165, 1.54) is 69.3 Å². The quantitative estimate of drug-likeness (QED) is 0.219. The van der Waals surface area contributed by atoms with E-state index in [2.05, 4.69) is 132 Å². The second kappa shape index (κ2) is 8.25. The van der Waals surface area contributed by atoms with Gasteiger partial charge in [0.2, 0.25) is 0 Å². The maximum absolute atomic E-state index is 4.88. The molecule has 0 bridgehead atoms. The molecule has 3 heteroatoms. The lowest BCUT2D eigenvalue weighted by atomic mass is 10.0. The van der Waals surface area contributed by atoms with Gasteiger partial charge in [-0.15, -0.1) is 11.3 Å². The number of pyridine rings is 1. The molecule has 3 aromatic heterocycles. The van der Waals surface area contributed by atoms with Gasteiger partial charge in [-0.2, -0.15) is 0 Å². The highest BCUT2D eigenvalue weighted by Crippen LogP contribution is 2.39. The monoisotopic (exact) mass is 526 g/mol. The number of benzene rings is 6. The number of nitrogens with zero attached hydrogens (tertiary/aromatic N) is 2. The molecule has 40 heavy (non-hydrogen) atoms. The van der Waals surface area contributed by atoms with Crippen molar-refractivity contribution in [2.24, 2.45) is 0 Å². The van der Waals surface area contributed by atoms with E-state index in [1.807, 2.05) is 17.5 Å². The fraction of sp³-hybridized carbons (Fsp3) is 0. The van der Waals surface area contributed by atoms with Gasteiger partial charge < -0.3 is 4.57 Å². The van der Waals surface area contributed by atoms with Crippen molar-refractivity contribution >= 4 is 75.0 Å². The summed E-state index contributed by atoms with van der Waals surface area (Å²) in [6.07, 6.45) is 2.03. The molecule has 0 unspecified atom stereocenters. The first-order valence-corrected chi connectivity index (χ1v) is 14.4. The molecule has 6 aromatic carbocycles. The van der Waals surface area contributed by atoms with Crippen LogP contribution in [0.2, 0.25) is 0 Å². The van der Waals surface area contributed by atoms with Crippen LogP contribution >= 0.6 is 11.3 Å². The van der Waals surface area contributed by atoms with Crippen LogP contribution in [0.15, 0.2) is 134 Å². The van der Waals surface area contributed by atoms with Crippen LogP contribution in [-0.2, 0) is 0 Å². The van der Waals surface area contributed by atoms with Gasteiger partial charge in [-0.1, -0.05) is 84.9 Å². The first-order chi connectivity index (χ1) is 19.8. The summed E-state index contributed by atoms with van der Waals surface area (Å²) in [6.45, 7) is 0. The van der Waals surface area contributed by atoms with E-state index >= 15 is 0 Å². The van der Waals surface area contributed by atoms with Crippen molar-refractivity contribution in [1.82, 2.24) is 9.55 Å². The molecule has 0 aliphatic heterocycles. The number of fused-ring (bicyclic) bond motifs is 9. The largest absolute Gasteiger partial charge is 0.309 e. The summed E-state index contributed by atoms with van der Waals surface area (Å²) in [5.74, 6) is 0. The van der Waals surface area contributed by atoms with E-state index in [9.17, 15) is 0 Å². The molecule has 9 aromatic rings. The lowest BCUT2D eigenvalue weighted by molar-refractivity contribution is 1.18. The Morgan fingerprint density at radius 2 is 1.27 bits per heavy atom. The van der Waals surface area contributed by atoms with Crippen molar-refractivity contribution in [3.05, 3.63) is 134 Å². The van der Waals surface area contributed by atoms with Crippen LogP contribution in [-0.4, -0.2) is 9.55 Å². The summed E-state index contributed by atoms with van der Waals surface area (Å²) in [4.78, 5) is 4.88. The zero-order valence-electron chi connectivity index (χ0n) is 21.5. The van der Waals surface area contributed by atoms with Crippen LogP contribution < -0.4 is 0 Å².